The van der Waals surface area contributed by atoms with Crippen LogP contribution in [0.4, 0.5) is 0 Å². The van der Waals surface area contributed by atoms with Crippen LogP contribution in [0.3, 0.4) is 0 Å². The molecular weight excluding hydrogens is 352 g/mol. The lowest BCUT2D eigenvalue weighted by atomic mass is 9.90. The van der Waals surface area contributed by atoms with Crippen molar-refractivity contribution in [3.05, 3.63) is 105 Å². The van der Waals surface area contributed by atoms with Crippen LogP contribution in [0.25, 0.3) is 0 Å². The first-order chi connectivity index (χ1) is 13.3. The maximum atomic E-state index is 2.59. The minimum atomic E-state index is -1.71. The number of hydrogen-bond acceptors (Lipinski definition) is 0. The molecule has 0 saturated carbocycles. The summed E-state index contributed by atoms with van der Waals surface area (Å²) >= 11 is 0. The molecule has 0 heterocycles. The lowest BCUT2D eigenvalue weighted by Gasteiger charge is -2.37. The lowest BCUT2D eigenvalue weighted by Crippen LogP contribution is -2.38. The molecule has 3 atom stereocenters. The second kappa shape index (κ2) is 7.04. The summed E-state index contributed by atoms with van der Waals surface area (Å²) in [5.41, 5.74) is 9.62. The van der Waals surface area contributed by atoms with E-state index in [0.717, 1.165) is 0 Å². The van der Waals surface area contributed by atoms with Crippen molar-refractivity contribution in [1.82, 2.24) is 0 Å². The normalized spacial score (nSPS) is 27.1. The minimum Gasteiger partial charge on any atom is -0.0748 e. The van der Waals surface area contributed by atoms with Gasteiger partial charge in [-0.05, 0) is 43.4 Å². The molecule has 144 valence electrons. The molecule has 0 saturated heterocycles. The van der Waals surface area contributed by atoms with E-state index in [2.05, 4.69) is 108 Å². The van der Waals surface area contributed by atoms with Crippen LogP contribution in [0.2, 0.25) is 18.6 Å². The van der Waals surface area contributed by atoms with Gasteiger partial charge in [0.15, 0.2) is 0 Å². The highest BCUT2D eigenvalue weighted by atomic mass is 28.3. The molecule has 3 aliphatic carbocycles. The first-order valence-corrected chi connectivity index (χ1v) is 13.6. The largest absolute Gasteiger partial charge is 0.0883 e. The Morgan fingerprint density at radius 1 is 0.893 bits per heavy atom. The summed E-state index contributed by atoms with van der Waals surface area (Å²) in [6.07, 6.45) is 14.2. The van der Waals surface area contributed by atoms with E-state index in [1.165, 1.54) is 16.7 Å². The Kier molecular flexibility index (Phi) is 4.83. The number of rotatable bonds is 3. The zero-order valence-electron chi connectivity index (χ0n) is 18.1. The van der Waals surface area contributed by atoms with Crippen LogP contribution in [0.1, 0.15) is 39.2 Å². The van der Waals surface area contributed by atoms with E-state index >= 15 is 0 Å². The van der Waals surface area contributed by atoms with E-state index < -0.39 is 8.07 Å². The molecule has 4 rings (SSSR count). The number of allylic oxidation sites excluding steroid dienone is 12. The van der Waals surface area contributed by atoms with Gasteiger partial charge in [-0.25, -0.2) is 0 Å². The average Bonchev–Trinajstić information content (AvgIpc) is 3.02. The zero-order valence-corrected chi connectivity index (χ0v) is 19.1. The average molecular weight is 385 g/mol. The van der Waals surface area contributed by atoms with Crippen LogP contribution in [0.15, 0.2) is 99.8 Å². The summed E-state index contributed by atoms with van der Waals surface area (Å²) in [7, 11) is -1.71. The van der Waals surface area contributed by atoms with E-state index in [4.69, 9.17) is 0 Å². The Balaban J connectivity index is 1.82. The van der Waals surface area contributed by atoms with Crippen LogP contribution in [0, 0.1) is 5.92 Å². The van der Waals surface area contributed by atoms with Crippen LogP contribution < -0.4 is 0 Å². The van der Waals surface area contributed by atoms with Crippen molar-refractivity contribution in [1.29, 1.82) is 0 Å². The molecule has 1 heteroatoms. The van der Waals surface area contributed by atoms with Crippen LogP contribution in [0.5, 0.6) is 0 Å². The van der Waals surface area contributed by atoms with Gasteiger partial charge in [-0.3, -0.25) is 0 Å². The standard InChI is InChI=1S/C27H32Si/c1-18-16-19(2)26(21(18)4)28(5,6)27-20(3)17-25-23(14-10-11-15-24(25)27)22-12-8-7-9-13-22/h7-17,19,23,27H,1-6H3. The molecular formula is C27H32Si. The predicted molar refractivity (Wildman–Crippen MR) is 125 cm³/mol. The Labute approximate surface area is 171 Å². The van der Waals surface area contributed by atoms with Crippen molar-refractivity contribution in [2.45, 2.75) is 52.2 Å². The smallest absolute Gasteiger partial charge is 0.0748 e. The van der Waals surface area contributed by atoms with Gasteiger partial charge >= 0.3 is 0 Å². The quantitative estimate of drug-likeness (QED) is 0.469. The van der Waals surface area contributed by atoms with Gasteiger partial charge in [0.1, 0.15) is 0 Å². The monoisotopic (exact) mass is 384 g/mol. The van der Waals surface area contributed by atoms with Gasteiger partial charge < -0.3 is 0 Å². The molecule has 3 aliphatic rings. The number of hydrogen-bond donors (Lipinski definition) is 0. The number of benzene rings is 1. The molecule has 0 aliphatic heterocycles. The second-order valence-electron chi connectivity index (χ2n) is 9.26. The van der Waals surface area contributed by atoms with Crippen molar-refractivity contribution in [2.24, 2.45) is 5.92 Å². The van der Waals surface area contributed by atoms with Gasteiger partial charge in [-0.15, -0.1) is 0 Å². The fraction of sp³-hybridized carbons (Fsp3) is 0.333. The summed E-state index contributed by atoms with van der Waals surface area (Å²) in [6.45, 7) is 14.6. The lowest BCUT2D eigenvalue weighted by molar-refractivity contribution is 0.904. The van der Waals surface area contributed by atoms with Crippen LogP contribution in [-0.2, 0) is 0 Å². The fourth-order valence-corrected chi connectivity index (χ4v) is 11.0. The topological polar surface area (TPSA) is 0 Å². The Bertz CT molecular complexity index is 976. The highest BCUT2D eigenvalue weighted by Gasteiger charge is 2.45. The van der Waals surface area contributed by atoms with Crippen molar-refractivity contribution in [2.75, 3.05) is 0 Å². The Morgan fingerprint density at radius 3 is 2.25 bits per heavy atom. The Morgan fingerprint density at radius 2 is 1.61 bits per heavy atom. The maximum Gasteiger partial charge on any atom is 0.0883 e. The summed E-state index contributed by atoms with van der Waals surface area (Å²) in [5, 5.41) is 1.75. The maximum absolute atomic E-state index is 2.59. The predicted octanol–water partition coefficient (Wildman–Crippen LogP) is 7.68. The molecule has 28 heavy (non-hydrogen) atoms. The van der Waals surface area contributed by atoms with E-state index in [-0.39, 0.29) is 0 Å². The van der Waals surface area contributed by atoms with E-state index in [9.17, 15) is 0 Å². The third-order valence-corrected chi connectivity index (χ3v) is 11.5. The molecule has 0 nitrogen and oxygen atoms in total. The van der Waals surface area contributed by atoms with Crippen LogP contribution in [-0.4, -0.2) is 8.07 Å². The highest BCUT2D eigenvalue weighted by Crippen LogP contribution is 2.53. The van der Waals surface area contributed by atoms with Gasteiger partial charge in [-0.1, -0.05) is 109 Å². The minimum absolute atomic E-state index is 0.354. The summed E-state index contributed by atoms with van der Waals surface area (Å²) in [5.74, 6) is 0.934. The molecule has 0 bridgehead atoms. The third kappa shape index (κ3) is 2.97. The van der Waals surface area contributed by atoms with Gasteiger partial charge in [-0.2, -0.15) is 0 Å². The van der Waals surface area contributed by atoms with Crippen molar-refractivity contribution >= 4 is 8.07 Å². The molecule has 0 fully saturated rings. The zero-order chi connectivity index (χ0) is 20.1. The van der Waals surface area contributed by atoms with Crippen LogP contribution >= 0.6 is 0 Å². The fourth-order valence-electron chi connectivity index (χ4n) is 6.00. The highest BCUT2D eigenvalue weighted by molar-refractivity contribution is 6.87. The molecule has 0 radical (unpaired) electrons. The molecule has 0 aromatic heterocycles. The van der Waals surface area contributed by atoms with Gasteiger partial charge in [0.05, 0.1) is 8.07 Å². The molecule has 0 spiro atoms. The summed E-state index contributed by atoms with van der Waals surface area (Å²) in [6, 6.07) is 11.0. The summed E-state index contributed by atoms with van der Waals surface area (Å²) in [4.78, 5) is 0. The van der Waals surface area contributed by atoms with Gasteiger partial charge in [0, 0.05) is 11.5 Å². The second-order valence-corrected chi connectivity index (χ2v) is 13.8. The molecule has 1 aromatic carbocycles. The van der Waals surface area contributed by atoms with Gasteiger partial charge in [0.25, 0.3) is 0 Å². The van der Waals surface area contributed by atoms with E-state index in [1.807, 2.05) is 0 Å². The van der Waals surface area contributed by atoms with E-state index in [1.54, 1.807) is 21.9 Å². The molecule has 0 N–H and O–H groups in total. The summed E-state index contributed by atoms with van der Waals surface area (Å²) < 4.78 is 0. The first kappa shape index (κ1) is 19.2. The Hall–Kier alpha value is -2.12. The third-order valence-electron chi connectivity index (χ3n) is 7.03. The molecule has 0 amide bonds. The van der Waals surface area contributed by atoms with Crippen molar-refractivity contribution < 1.29 is 0 Å². The van der Waals surface area contributed by atoms with Crippen molar-refractivity contribution in [3.8, 4) is 0 Å². The first-order valence-electron chi connectivity index (χ1n) is 10.5. The van der Waals surface area contributed by atoms with Gasteiger partial charge in [0.2, 0.25) is 0 Å². The van der Waals surface area contributed by atoms with E-state index in [0.29, 0.717) is 17.4 Å². The van der Waals surface area contributed by atoms with Crippen molar-refractivity contribution in [3.63, 3.8) is 0 Å². The SMILES string of the molecule is CC1=CC(C)C([Si](C)(C)C2C(C)=CC3=C2C=CC=CC3c2ccccc2)=C1C. The molecule has 1 aromatic rings. The molecule has 3 unspecified atom stereocenters.